The van der Waals surface area contributed by atoms with Gasteiger partial charge in [-0.05, 0) is 24.1 Å². The number of H-pyrrole nitrogens is 1. The van der Waals surface area contributed by atoms with Crippen LogP contribution in [0.2, 0.25) is 0 Å². The number of aryl methyl sites for hydroxylation is 1. The predicted molar refractivity (Wildman–Crippen MR) is 127 cm³/mol. The molecule has 0 radical (unpaired) electrons. The molecule has 0 aliphatic rings. The number of rotatable bonds is 8. The van der Waals surface area contributed by atoms with Gasteiger partial charge in [0.25, 0.3) is 5.56 Å². The third-order valence-corrected chi connectivity index (χ3v) is 6.07. The number of nitrogens with one attached hydrogen (secondary N) is 1. The maximum absolute atomic E-state index is 13.6. The van der Waals surface area contributed by atoms with Gasteiger partial charge in [0.15, 0.2) is 5.75 Å². The van der Waals surface area contributed by atoms with E-state index in [0.29, 0.717) is 34.8 Å². The Morgan fingerprint density at radius 2 is 2.03 bits per heavy atom. The monoisotopic (exact) mass is 451 g/mol. The van der Waals surface area contributed by atoms with Gasteiger partial charge in [0.1, 0.15) is 16.4 Å². The van der Waals surface area contributed by atoms with Crippen molar-refractivity contribution >= 4 is 21.6 Å². The normalized spacial score (nSPS) is 11.1. The van der Waals surface area contributed by atoms with Crippen molar-refractivity contribution in [2.24, 2.45) is 0 Å². The molecule has 8 heteroatoms. The first kappa shape index (κ1) is 21.8. The molecule has 0 fully saturated rings. The molecule has 0 spiro atoms. The Morgan fingerprint density at radius 3 is 2.75 bits per heavy atom. The minimum Gasteiger partial charge on any atom is -0.497 e. The predicted octanol–water partition coefficient (Wildman–Crippen LogP) is 4.22. The van der Waals surface area contributed by atoms with Crippen LogP contribution >= 0.6 is 11.3 Å². The van der Waals surface area contributed by atoms with Gasteiger partial charge in [0.2, 0.25) is 5.43 Å². The third-order valence-electron chi connectivity index (χ3n) is 5.20. The summed E-state index contributed by atoms with van der Waals surface area (Å²) in [4.78, 5) is 34.5. The number of ether oxygens (including phenoxy) is 2. The van der Waals surface area contributed by atoms with E-state index in [2.05, 4.69) is 4.98 Å². The maximum atomic E-state index is 13.6. The molecular weight excluding hydrogens is 426 g/mol. The van der Waals surface area contributed by atoms with Gasteiger partial charge >= 0.3 is 0 Å². The summed E-state index contributed by atoms with van der Waals surface area (Å²) in [7, 11) is 1.62. The van der Waals surface area contributed by atoms with Crippen molar-refractivity contribution in [3.8, 4) is 22.6 Å². The number of hydrogen-bond acceptors (Lipinski definition) is 6. The average molecular weight is 452 g/mol. The van der Waals surface area contributed by atoms with E-state index in [0.717, 1.165) is 23.3 Å². The standard InChI is InChI=1S/C24H25N3O4S/c1-4-9-31-20-12-25-16(11-19(20)28)13-27-21(5-2)26-23-22(24(27)29)18(14-32-23)15-7-6-8-17(10-15)30-3/h6-8,10-12,14H,4-5,9,13H2,1-3H3,(H,25,28). The fourth-order valence-corrected chi connectivity index (χ4v) is 4.55. The molecule has 3 heterocycles. The van der Waals surface area contributed by atoms with Crippen LogP contribution in [-0.2, 0) is 13.0 Å². The number of methoxy groups -OCH3 is 1. The summed E-state index contributed by atoms with van der Waals surface area (Å²) >= 11 is 1.45. The van der Waals surface area contributed by atoms with Crippen LogP contribution in [0.3, 0.4) is 0 Å². The molecule has 0 aliphatic carbocycles. The molecule has 0 saturated heterocycles. The highest BCUT2D eigenvalue weighted by Gasteiger charge is 2.17. The average Bonchev–Trinajstić information content (AvgIpc) is 3.24. The SMILES string of the molecule is CCCOc1c[nH]c(Cn2c(CC)nc3scc(-c4cccc(OC)c4)c3c2=O)cc1=O. The van der Waals surface area contributed by atoms with Crippen molar-refractivity contribution in [3.05, 3.63) is 74.0 Å². The number of aromatic amines is 1. The quantitative estimate of drug-likeness (QED) is 0.433. The van der Waals surface area contributed by atoms with E-state index in [4.69, 9.17) is 14.5 Å². The Hall–Kier alpha value is -3.39. The summed E-state index contributed by atoms with van der Waals surface area (Å²) in [6, 6.07) is 9.11. The second kappa shape index (κ2) is 9.40. The highest BCUT2D eigenvalue weighted by molar-refractivity contribution is 7.17. The molecule has 3 aromatic heterocycles. The Bertz CT molecular complexity index is 1370. The van der Waals surface area contributed by atoms with Crippen LogP contribution in [0.4, 0.5) is 0 Å². The lowest BCUT2D eigenvalue weighted by molar-refractivity contribution is 0.313. The number of hydrogen-bond donors (Lipinski definition) is 1. The van der Waals surface area contributed by atoms with E-state index in [1.807, 2.05) is 43.5 Å². The van der Waals surface area contributed by atoms with Gasteiger partial charge in [-0.15, -0.1) is 11.3 Å². The number of nitrogens with zero attached hydrogens (tertiary/aromatic N) is 2. The highest BCUT2D eigenvalue weighted by Crippen LogP contribution is 2.32. The number of benzene rings is 1. The van der Waals surface area contributed by atoms with Crippen molar-refractivity contribution in [2.45, 2.75) is 33.2 Å². The topological polar surface area (TPSA) is 86.2 Å². The van der Waals surface area contributed by atoms with E-state index >= 15 is 0 Å². The van der Waals surface area contributed by atoms with E-state index in [1.54, 1.807) is 17.9 Å². The second-order valence-electron chi connectivity index (χ2n) is 7.37. The van der Waals surface area contributed by atoms with E-state index < -0.39 is 0 Å². The van der Waals surface area contributed by atoms with Crippen LogP contribution in [0.5, 0.6) is 11.5 Å². The first-order valence-corrected chi connectivity index (χ1v) is 11.4. The number of aromatic nitrogens is 3. The largest absolute Gasteiger partial charge is 0.497 e. The lowest BCUT2D eigenvalue weighted by Gasteiger charge is -2.12. The summed E-state index contributed by atoms with van der Waals surface area (Å²) < 4.78 is 12.4. The molecule has 0 unspecified atom stereocenters. The molecule has 0 atom stereocenters. The van der Waals surface area contributed by atoms with Crippen LogP contribution in [-0.4, -0.2) is 28.3 Å². The summed E-state index contributed by atoms with van der Waals surface area (Å²) in [5.74, 6) is 1.68. The molecule has 4 rings (SSSR count). The maximum Gasteiger partial charge on any atom is 0.263 e. The van der Waals surface area contributed by atoms with Crippen molar-refractivity contribution < 1.29 is 9.47 Å². The molecular formula is C24H25N3O4S. The molecule has 4 aromatic rings. The minimum atomic E-state index is -0.208. The van der Waals surface area contributed by atoms with Gasteiger partial charge < -0.3 is 14.5 Å². The summed E-state index contributed by atoms with van der Waals surface area (Å²) in [6.45, 7) is 4.65. The van der Waals surface area contributed by atoms with Gasteiger partial charge in [0, 0.05) is 35.3 Å². The van der Waals surface area contributed by atoms with Gasteiger partial charge in [-0.3, -0.25) is 14.2 Å². The van der Waals surface area contributed by atoms with E-state index in [-0.39, 0.29) is 23.3 Å². The van der Waals surface area contributed by atoms with Crippen molar-refractivity contribution in [1.29, 1.82) is 0 Å². The molecule has 1 N–H and O–H groups in total. The Balaban J connectivity index is 1.79. The zero-order valence-electron chi connectivity index (χ0n) is 18.3. The Kier molecular flexibility index (Phi) is 6.41. The van der Waals surface area contributed by atoms with Crippen molar-refractivity contribution in [2.75, 3.05) is 13.7 Å². The zero-order valence-corrected chi connectivity index (χ0v) is 19.1. The van der Waals surface area contributed by atoms with Crippen LogP contribution < -0.4 is 20.5 Å². The fraction of sp³-hybridized carbons (Fsp3) is 0.292. The molecule has 0 saturated carbocycles. The first-order valence-electron chi connectivity index (χ1n) is 10.5. The Labute approximate surface area is 189 Å². The lowest BCUT2D eigenvalue weighted by atomic mass is 10.1. The van der Waals surface area contributed by atoms with Crippen molar-refractivity contribution in [3.63, 3.8) is 0 Å². The summed E-state index contributed by atoms with van der Waals surface area (Å²) in [5, 5.41) is 2.53. The van der Waals surface area contributed by atoms with Gasteiger partial charge in [0.05, 0.1) is 25.6 Å². The molecule has 1 aromatic carbocycles. The fourth-order valence-electron chi connectivity index (χ4n) is 3.59. The van der Waals surface area contributed by atoms with Crippen LogP contribution in [0.1, 0.15) is 31.8 Å². The highest BCUT2D eigenvalue weighted by atomic mass is 32.1. The first-order chi connectivity index (χ1) is 15.5. The number of thiophene rings is 1. The third kappa shape index (κ3) is 4.18. The molecule has 32 heavy (non-hydrogen) atoms. The van der Waals surface area contributed by atoms with E-state index in [1.165, 1.54) is 17.4 Å². The molecule has 0 aliphatic heterocycles. The van der Waals surface area contributed by atoms with E-state index in [9.17, 15) is 9.59 Å². The molecule has 0 amide bonds. The lowest BCUT2D eigenvalue weighted by Crippen LogP contribution is -2.26. The van der Waals surface area contributed by atoms with Gasteiger partial charge in [-0.25, -0.2) is 4.98 Å². The number of fused-ring (bicyclic) bond motifs is 1. The summed E-state index contributed by atoms with van der Waals surface area (Å²) in [5.41, 5.74) is 2.01. The van der Waals surface area contributed by atoms with Crippen LogP contribution in [0.25, 0.3) is 21.3 Å². The smallest absolute Gasteiger partial charge is 0.263 e. The molecule has 7 nitrogen and oxygen atoms in total. The Morgan fingerprint density at radius 1 is 1.19 bits per heavy atom. The van der Waals surface area contributed by atoms with Gasteiger partial charge in [-0.2, -0.15) is 0 Å². The summed E-state index contributed by atoms with van der Waals surface area (Å²) in [6.07, 6.45) is 2.97. The van der Waals surface area contributed by atoms with Crippen LogP contribution in [0, 0.1) is 0 Å². The van der Waals surface area contributed by atoms with Crippen molar-refractivity contribution in [1.82, 2.24) is 14.5 Å². The minimum absolute atomic E-state index is 0.127. The zero-order chi connectivity index (χ0) is 22.7. The van der Waals surface area contributed by atoms with Crippen LogP contribution in [0.15, 0.2) is 51.5 Å². The molecule has 0 bridgehead atoms. The molecule has 166 valence electrons. The second-order valence-corrected chi connectivity index (χ2v) is 8.23. The number of pyridine rings is 1. The van der Waals surface area contributed by atoms with Gasteiger partial charge in [-0.1, -0.05) is 26.0 Å².